The van der Waals surface area contributed by atoms with Gasteiger partial charge in [-0.3, -0.25) is 0 Å². The van der Waals surface area contributed by atoms with E-state index < -0.39 is 5.97 Å². The van der Waals surface area contributed by atoms with Gasteiger partial charge in [-0.1, -0.05) is 24.4 Å². The molecule has 1 saturated carbocycles. The Bertz CT molecular complexity index is 784. The third-order valence-electron chi connectivity index (χ3n) is 5.83. The zero-order valence-corrected chi connectivity index (χ0v) is 15.0. The molecule has 2 aromatic rings. The van der Waals surface area contributed by atoms with Gasteiger partial charge in [0.05, 0.1) is 7.11 Å². The number of anilines is 1. The lowest BCUT2D eigenvalue weighted by Crippen LogP contribution is -2.42. The average Bonchev–Trinajstić information content (AvgIpc) is 3.13. The smallest absolute Gasteiger partial charge is 0.343 e. The van der Waals surface area contributed by atoms with Gasteiger partial charge in [0.2, 0.25) is 0 Å². The molecule has 2 heterocycles. The van der Waals surface area contributed by atoms with Crippen LogP contribution in [0.25, 0.3) is 11.3 Å². The first-order valence-electron chi connectivity index (χ1n) is 9.29. The number of carbonyl (C=O) groups is 1. The van der Waals surface area contributed by atoms with Gasteiger partial charge in [-0.15, -0.1) is 0 Å². The predicted molar refractivity (Wildman–Crippen MR) is 97.7 cm³/mol. The molecule has 2 aliphatic rings. The van der Waals surface area contributed by atoms with Crippen molar-refractivity contribution in [1.82, 2.24) is 5.16 Å². The first-order valence-corrected chi connectivity index (χ1v) is 9.29. The first kappa shape index (κ1) is 16.9. The molecular weight excluding hydrogens is 332 g/mol. The molecule has 1 aromatic heterocycles. The number of hydrogen-bond acceptors (Lipinski definition) is 5. The van der Waals surface area contributed by atoms with Crippen LogP contribution in [0.2, 0.25) is 0 Å². The molecule has 26 heavy (non-hydrogen) atoms. The van der Waals surface area contributed by atoms with Crippen LogP contribution < -0.4 is 9.64 Å². The van der Waals surface area contributed by atoms with E-state index in [1.165, 1.54) is 25.7 Å². The summed E-state index contributed by atoms with van der Waals surface area (Å²) in [5.41, 5.74) is 0.846. The number of carboxylic acid groups (broad SMARTS) is 1. The number of piperidine rings is 1. The lowest BCUT2D eigenvalue weighted by atomic mass is 9.75. The number of rotatable bonds is 4. The average molecular weight is 356 g/mol. The second kappa shape index (κ2) is 7.02. The minimum atomic E-state index is -1.00. The fraction of sp³-hybridized carbons (Fsp3) is 0.500. The lowest BCUT2D eigenvalue weighted by molar-refractivity contribution is 0.0697. The normalized spacial score (nSPS) is 22.7. The van der Waals surface area contributed by atoms with Gasteiger partial charge in [-0.05, 0) is 48.9 Å². The summed E-state index contributed by atoms with van der Waals surface area (Å²) in [6.45, 7) is 1.72. The van der Waals surface area contributed by atoms with Crippen LogP contribution in [0, 0.1) is 11.8 Å². The summed E-state index contributed by atoms with van der Waals surface area (Å²) in [4.78, 5) is 14.1. The highest BCUT2D eigenvalue weighted by Gasteiger charge is 2.35. The number of carboxylic acids is 1. The van der Waals surface area contributed by atoms with Crippen molar-refractivity contribution in [3.05, 3.63) is 29.8 Å². The molecule has 1 N–H and O–H groups in total. The SMILES string of the molecule is COc1ccc(-c2onc(N3CC[C@@H]4CCCC[C@H]4C3)c2C(=O)O)cc1. The van der Waals surface area contributed by atoms with Crippen molar-refractivity contribution >= 4 is 11.8 Å². The molecule has 6 heteroatoms. The molecule has 4 rings (SSSR count). The molecule has 0 amide bonds. The number of hydrogen-bond donors (Lipinski definition) is 1. The summed E-state index contributed by atoms with van der Waals surface area (Å²) < 4.78 is 10.7. The molecule has 1 aliphatic heterocycles. The number of aromatic carboxylic acids is 1. The summed E-state index contributed by atoms with van der Waals surface area (Å²) in [5.74, 6) is 1.90. The van der Waals surface area contributed by atoms with Crippen molar-refractivity contribution in [3.63, 3.8) is 0 Å². The Labute approximate surface area is 152 Å². The van der Waals surface area contributed by atoms with E-state index in [1.807, 2.05) is 0 Å². The molecule has 6 nitrogen and oxygen atoms in total. The third kappa shape index (κ3) is 3.04. The zero-order valence-electron chi connectivity index (χ0n) is 15.0. The van der Waals surface area contributed by atoms with Gasteiger partial charge in [0.1, 0.15) is 5.75 Å². The Hall–Kier alpha value is -2.50. The van der Waals surface area contributed by atoms with Crippen molar-refractivity contribution in [2.45, 2.75) is 32.1 Å². The molecule has 0 radical (unpaired) electrons. The number of aromatic nitrogens is 1. The van der Waals surface area contributed by atoms with E-state index in [0.717, 1.165) is 25.4 Å². The molecule has 2 fully saturated rings. The van der Waals surface area contributed by atoms with Gasteiger partial charge in [0.15, 0.2) is 17.1 Å². The number of methoxy groups -OCH3 is 1. The van der Waals surface area contributed by atoms with Crippen molar-refractivity contribution in [2.75, 3.05) is 25.1 Å². The van der Waals surface area contributed by atoms with E-state index in [-0.39, 0.29) is 5.56 Å². The molecule has 0 bridgehead atoms. The van der Waals surface area contributed by atoms with Crippen LogP contribution >= 0.6 is 0 Å². The fourth-order valence-corrected chi connectivity index (χ4v) is 4.42. The fourth-order valence-electron chi connectivity index (χ4n) is 4.42. The van der Waals surface area contributed by atoms with Crippen LogP contribution in [-0.2, 0) is 0 Å². The molecule has 138 valence electrons. The van der Waals surface area contributed by atoms with Crippen LogP contribution in [0.4, 0.5) is 5.82 Å². The zero-order chi connectivity index (χ0) is 18.1. The summed E-state index contributed by atoms with van der Waals surface area (Å²) >= 11 is 0. The largest absolute Gasteiger partial charge is 0.497 e. The molecule has 1 aliphatic carbocycles. The van der Waals surface area contributed by atoms with Crippen molar-refractivity contribution in [3.8, 4) is 17.1 Å². The summed E-state index contributed by atoms with van der Waals surface area (Å²) in [6, 6.07) is 7.17. The van der Waals surface area contributed by atoms with Crippen LogP contribution in [0.5, 0.6) is 5.75 Å². The maximum absolute atomic E-state index is 12.0. The van der Waals surface area contributed by atoms with Crippen LogP contribution in [0.15, 0.2) is 28.8 Å². The minimum Gasteiger partial charge on any atom is -0.497 e. The van der Waals surface area contributed by atoms with E-state index in [1.54, 1.807) is 31.4 Å². The second-order valence-corrected chi connectivity index (χ2v) is 7.28. The number of nitrogens with zero attached hydrogens (tertiary/aromatic N) is 2. The predicted octanol–water partition coefficient (Wildman–Crippen LogP) is 4.06. The summed E-state index contributed by atoms with van der Waals surface area (Å²) in [7, 11) is 1.60. The molecular formula is C20H24N2O4. The minimum absolute atomic E-state index is 0.157. The maximum atomic E-state index is 12.0. The van der Waals surface area contributed by atoms with Crippen LogP contribution in [0.3, 0.4) is 0 Å². The van der Waals surface area contributed by atoms with Crippen LogP contribution in [0.1, 0.15) is 42.5 Å². The summed E-state index contributed by atoms with van der Waals surface area (Å²) in [5, 5.41) is 14.0. The van der Waals surface area contributed by atoms with Gasteiger partial charge < -0.3 is 19.3 Å². The first-order chi connectivity index (χ1) is 12.7. The molecule has 1 aromatic carbocycles. The highest BCUT2D eigenvalue weighted by molar-refractivity contribution is 5.99. The van der Waals surface area contributed by atoms with Crippen molar-refractivity contribution in [1.29, 1.82) is 0 Å². The summed E-state index contributed by atoms with van der Waals surface area (Å²) in [6.07, 6.45) is 6.24. The number of ether oxygens (including phenoxy) is 1. The van der Waals surface area contributed by atoms with E-state index in [2.05, 4.69) is 10.1 Å². The standard InChI is InChI=1S/C20H24N2O4/c1-25-16-8-6-14(7-9-16)18-17(20(23)24)19(21-26-18)22-11-10-13-4-2-3-5-15(13)12-22/h6-9,13,15H,2-5,10-12H2,1H3,(H,23,24)/t13-,15-/m0/s1. The molecule has 2 atom stereocenters. The number of fused-ring (bicyclic) bond motifs is 1. The Morgan fingerprint density at radius 2 is 1.92 bits per heavy atom. The quantitative estimate of drug-likeness (QED) is 0.890. The van der Waals surface area contributed by atoms with E-state index >= 15 is 0 Å². The molecule has 0 spiro atoms. The van der Waals surface area contributed by atoms with Gasteiger partial charge in [0, 0.05) is 18.7 Å². The Morgan fingerprint density at radius 3 is 2.62 bits per heavy atom. The second-order valence-electron chi connectivity index (χ2n) is 7.28. The Morgan fingerprint density at radius 1 is 1.19 bits per heavy atom. The molecule has 1 saturated heterocycles. The lowest BCUT2D eigenvalue weighted by Gasteiger charge is -2.41. The number of benzene rings is 1. The Balaban J connectivity index is 1.64. The van der Waals surface area contributed by atoms with Crippen molar-refractivity contribution in [2.24, 2.45) is 11.8 Å². The highest BCUT2D eigenvalue weighted by atomic mass is 16.5. The van der Waals surface area contributed by atoms with Crippen LogP contribution in [-0.4, -0.2) is 36.4 Å². The maximum Gasteiger partial charge on any atom is 0.343 e. The van der Waals surface area contributed by atoms with E-state index in [0.29, 0.717) is 28.8 Å². The Kier molecular flexibility index (Phi) is 4.57. The molecule has 0 unspecified atom stereocenters. The van der Waals surface area contributed by atoms with Gasteiger partial charge in [-0.25, -0.2) is 4.79 Å². The van der Waals surface area contributed by atoms with E-state index in [4.69, 9.17) is 9.26 Å². The third-order valence-corrected chi connectivity index (χ3v) is 5.83. The monoisotopic (exact) mass is 356 g/mol. The van der Waals surface area contributed by atoms with Gasteiger partial charge >= 0.3 is 5.97 Å². The highest BCUT2D eigenvalue weighted by Crippen LogP contribution is 2.39. The van der Waals surface area contributed by atoms with Gasteiger partial charge in [0.25, 0.3) is 0 Å². The van der Waals surface area contributed by atoms with E-state index in [9.17, 15) is 9.90 Å². The van der Waals surface area contributed by atoms with Crippen molar-refractivity contribution < 1.29 is 19.2 Å². The topological polar surface area (TPSA) is 75.8 Å². The van der Waals surface area contributed by atoms with Gasteiger partial charge in [-0.2, -0.15) is 0 Å².